The van der Waals surface area contributed by atoms with Gasteiger partial charge in [-0.15, -0.1) is 0 Å². The molecule has 0 radical (unpaired) electrons. The van der Waals surface area contributed by atoms with Crippen molar-refractivity contribution in [3.63, 3.8) is 0 Å². The lowest BCUT2D eigenvalue weighted by molar-refractivity contribution is -0.131. The maximum atomic E-state index is 12.7. The molecule has 9 nitrogen and oxygen atoms in total. The Morgan fingerprint density at radius 2 is 1.06 bits per heavy atom. The first kappa shape index (κ1) is 37.5. The average molecular weight is 665 g/mol. The first-order valence-corrected chi connectivity index (χ1v) is 15.4. The topological polar surface area (TPSA) is 114 Å². The number of unbranched alkanes of at least 4 members (excludes halogenated alkanes) is 1. The molecule has 49 heavy (non-hydrogen) atoms. The van der Waals surface area contributed by atoms with E-state index in [2.05, 4.69) is 26.3 Å². The summed E-state index contributed by atoms with van der Waals surface area (Å²) in [4.78, 5) is 49.6. The number of hydrogen-bond acceptors (Lipinski definition) is 9. The Balaban J connectivity index is 2.17. The molecular weight excluding hydrogens is 624 g/mol. The number of benzene rings is 3. The fraction of sp³-hybridized carbons (Fsp3) is 0.200. The number of ether oxygens (including phenoxy) is 5. The molecule has 0 N–H and O–H groups in total. The SMILES string of the molecule is C=C(C)C(=O)Oc1ccc(-c2cc(OC(=O)C(=C)C)c(/C=C/c3ccc(OC(=O)C(=C)C)cc3OCCCC)cc2OC(=O)C(=C)C)cc1. The molecule has 0 fully saturated rings. The molecule has 254 valence electrons. The van der Waals surface area contributed by atoms with Crippen molar-refractivity contribution in [1.82, 2.24) is 0 Å². The standard InChI is InChI=1S/C40H40O9/c1-10-11-20-45-34-22-32(47-38(42)25(4)5)19-16-29(34)12-13-30-21-36(49-40(44)27(8)9)33(23-35(30)48-39(43)26(6)7)28-14-17-31(18-15-28)46-37(41)24(2)3/h12-19,21-23H,2,4,6,8,10-11,20H2,1,3,5,7,9H3/b13-12+. The number of hydrogen-bond donors (Lipinski definition) is 0. The van der Waals surface area contributed by atoms with Crippen molar-refractivity contribution in [2.75, 3.05) is 6.61 Å². The van der Waals surface area contributed by atoms with Gasteiger partial charge in [0.15, 0.2) is 0 Å². The minimum Gasteiger partial charge on any atom is -0.493 e. The van der Waals surface area contributed by atoms with Gasteiger partial charge in [0.1, 0.15) is 28.7 Å². The highest BCUT2D eigenvalue weighted by molar-refractivity contribution is 5.93. The molecule has 0 aliphatic heterocycles. The fourth-order valence-electron chi connectivity index (χ4n) is 3.92. The van der Waals surface area contributed by atoms with Crippen LogP contribution in [0.5, 0.6) is 28.7 Å². The highest BCUT2D eigenvalue weighted by Gasteiger charge is 2.19. The lowest BCUT2D eigenvalue weighted by Gasteiger charge is -2.16. The van der Waals surface area contributed by atoms with E-state index in [0.29, 0.717) is 34.6 Å². The Kier molecular flexibility index (Phi) is 13.2. The summed E-state index contributed by atoms with van der Waals surface area (Å²) in [7, 11) is 0. The van der Waals surface area contributed by atoms with Gasteiger partial charge in [0.2, 0.25) is 0 Å². The summed E-state index contributed by atoms with van der Waals surface area (Å²) in [6.07, 6.45) is 5.11. The number of carbonyl (C=O) groups excluding carboxylic acids is 4. The van der Waals surface area contributed by atoms with Crippen molar-refractivity contribution in [3.05, 3.63) is 114 Å². The molecule has 0 unspecified atom stereocenters. The van der Waals surface area contributed by atoms with Crippen molar-refractivity contribution in [2.45, 2.75) is 47.5 Å². The van der Waals surface area contributed by atoms with Crippen LogP contribution in [-0.4, -0.2) is 30.5 Å². The minimum absolute atomic E-state index is 0.146. The third kappa shape index (κ3) is 10.8. The fourth-order valence-corrected chi connectivity index (χ4v) is 3.92. The molecule has 0 aliphatic carbocycles. The molecule has 0 amide bonds. The van der Waals surface area contributed by atoms with Crippen molar-refractivity contribution < 1.29 is 42.9 Å². The Morgan fingerprint density at radius 3 is 1.61 bits per heavy atom. The van der Waals surface area contributed by atoms with Gasteiger partial charge >= 0.3 is 23.9 Å². The molecule has 0 atom stereocenters. The summed E-state index contributed by atoms with van der Waals surface area (Å²) in [6, 6.07) is 14.5. The van der Waals surface area contributed by atoms with E-state index in [1.807, 2.05) is 6.92 Å². The van der Waals surface area contributed by atoms with Gasteiger partial charge in [-0.25, -0.2) is 19.2 Å². The molecule has 0 saturated carbocycles. The molecule has 9 heteroatoms. The smallest absolute Gasteiger partial charge is 0.338 e. The number of esters is 4. The zero-order valence-electron chi connectivity index (χ0n) is 28.5. The van der Waals surface area contributed by atoms with Crippen molar-refractivity contribution in [1.29, 1.82) is 0 Å². The monoisotopic (exact) mass is 664 g/mol. The lowest BCUT2D eigenvalue weighted by atomic mass is 10.0. The maximum absolute atomic E-state index is 12.7. The average Bonchev–Trinajstić information content (AvgIpc) is 3.05. The molecular formula is C40H40O9. The first-order valence-electron chi connectivity index (χ1n) is 15.4. The predicted octanol–water partition coefficient (Wildman–Crippen LogP) is 8.63. The molecule has 3 aromatic carbocycles. The second-order valence-electron chi connectivity index (χ2n) is 11.3. The van der Waals surface area contributed by atoms with Crippen LogP contribution >= 0.6 is 0 Å². The van der Waals surface area contributed by atoms with E-state index in [1.54, 1.807) is 80.6 Å². The summed E-state index contributed by atoms with van der Waals surface area (Å²) < 4.78 is 28.2. The van der Waals surface area contributed by atoms with Gasteiger partial charge in [0.25, 0.3) is 0 Å². The van der Waals surface area contributed by atoms with Gasteiger partial charge in [-0.3, -0.25) is 0 Å². The van der Waals surface area contributed by atoms with E-state index in [0.717, 1.165) is 12.8 Å². The molecule has 3 aromatic rings. The normalized spacial score (nSPS) is 10.6. The van der Waals surface area contributed by atoms with E-state index >= 15 is 0 Å². The van der Waals surface area contributed by atoms with Gasteiger partial charge < -0.3 is 23.7 Å². The van der Waals surface area contributed by atoms with Crippen LogP contribution in [0.2, 0.25) is 0 Å². The second-order valence-corrected chi connectivity index (χ2v) is 11.3. The van der Waals surface area contributed by atoms with Gasteiger partial charge in [-0.1, -0.05) is 63.9 Å². The van der Waals surface area contributed by atoms with E-state index in [1.165, 1.54) is 13.8 Å². The van der Waals surface area contributed by atoms with Crippen molar-refractivity contribution >= 4 is 36.0 Å². The van der Waals surface area contributed by atoms with Crippen LogP contribution in [-0.2, 0) is 19.2 Å². The van der Waals surface area contributed by atoms with E-state index in [-0.39, 0.29) is 45.3 Å². The van der Waals surface area contributed by atoms with Crippen LogP contribution in [0.3, 0.4) is 0 Å². The van der Waals surface area contributed by atoms with E-state index in [4.69, 9.17) is 23.7 Å². The van der Waals surface area contributed by atoms with Crippen LogP contribution in [0.25, 0.3) is 23.3 Å². The highest BCUT2D eigenvalue weighted by atomic mass is 16.5. The summed E-state index contributed by atoms with van der Waals surface area (Å²) in [5.41, 5.74) is 2.82. The van der Waals surface area contributed by atoms with E-state index < -0.39 is 23.9 Å². The zero-order chi connectivity index (χ0) is 36.2. The molecule has 0 bridgehead atoms. The molecule has 0 spiro atoms. The lowest BCUT2D eigenvalue weighted by Crippen LogP contribution is -2.11. The molecule has 3 rings (SSSR count). The quantitative estimate of drug-likeness (QED) is 0.0518. The Morgan fingerprint density at radius 1 is 0.571 bits per heavy atom. The van der Waals surface area contributed by atoms with E-state index in [9.17, 15) is 19.2 Å². The molecule has 0 heterocycles. The highest BCUT2D eigenvalue weighted by Crippen LogP contribution is 2.39. The predicted molar refractivity (Wildman–Crippen MR) is 189 cm³/mol. The second kappa shape index (κ2) is 17.3. The third-order valence-electron chi connectivity index (χ3n) is 6.68. The van der Waals surface area contributed by atoms with Gasteiger partial charge in [-0.05, 0) is 76.1 Å². The molecule has 0 aliphatic rings. The van der Waals surface area contributed by atoms with Crippen LogP contribution in [0.4, 0.5) is 0 Å². The summed E-state index contributed by atoms with van der Waals surface area (Å²) >= 11 is 0. The zero-order valence-corrected chi connectivity index (χ0v) is 28.5. The number of rotatable bonds is 15. The summed E-state index contributed by atoms with van der Waals surface area (Å²) in [5, 5.41) is 0. The van der Waals surface area contributed by atoms with Crippen LogP contribution in [0, 0.1) is 0 Å². The maximum Gasteiger partial charge on any atom is 0.338 e. The van der Waals surface area contributed by atoms with Gasteiger partial charge in [0, 0.05) is 45.0 Å². The van der Waals surface area contributed by atoms with Crippen LogP contribution in [0.1, 0.15) is 58.6 Å². The van der Waals surface area contributed by atoms with Crippen molar-refractivity contribution in [2.24, 2.45) is 0 Å². The Labute approximate surface area is 286 Å². The number of carbonyl (C=O) groups is 4. The van der Waals surface area contributed by atoms with Gasteiger partial charge in [0.05, 0.1) is 6.61 Å². The minimum atomic E-state index is -0.665. The first-order chi connectivity index (χ1) is 23.2. The summed E-state index contributed by atoms with van der Waals surface area (Å²) in [6.45, 7) is 23.2. The summed E-state index contributed by atoms with van der Waals surface area (Å²) in [5.74, 6) is -1.15. The molecule has 0 aromatic heterocycles. The molecule has 0 saturated heterocycles. The van der Waals surface area contributed by atoms with Crippen LogP contribution < -0.4 is 23.7 Å². The Hall–Kier alpha value is -5.96. The largest absolute Gasteiger partial charge is 0.493 e. The van der Waals surface area contributed by atoms with Gasteiger partial charge in [-0.2, -0.15) is 0 Å². The third-order valence-corrected chi connectivity index (χ3v) is 6.68. The van der Waals surface area contributed by atoms with Crippen LogP contribution in [0.15, 0.2) is 103 Å². The Bertz CT molecular complexity index is 1840. The van der Waals surface area contributed by atoms with Crippen molar-refractivity contribution in [3.8, 4) is 39.9 Å².